The number of rotatable bonds is 0. The molecule has 2 heterocycles. The molecule has 0 N–H and O–H groups in total. The van der Waals surface area contributed by atoms with Crippen LogP contribution in [0.2, 0.25) is 0 Å². The molecule has 0 bridgehead atoms. The van der Waals surface area contributed by atoms with Gasteiger partial charge in [0.25, 0.3) is 0 Å². The average Bonchev–Trinajstić information content (AvgIpc) is 2.63. The van der Waals surface area contributed by atoms with Crippen LogP contribution in [0.3, 0.4) is 0 Å². The van der Waals surface area contributed by atoms with Gasteiger partial charge in [0.2, 0.25) is 0 Å². The fraction of sp³-hybridized carbons (Fsp3) is 0.875. The van der Waals surface area contributed by atoms with E-state index in [-0.39, 0.29) is 7.53 Å². The maximum atomic E-state index is 10.0. The van der Waals surface area contributed by atoms with Crippen molar-refractivity contribution in [1.29, 1.82) is 0 Å². The summed E-state index contributed by atoms with van der Waals surface area (Å²) in [6, 6.07) is 0. The zero-order valence-corrected chi connectivity index (χ0v) is 7.25. The summed E-state index contributed by atoms with van der Waals surface area (Å²) < 4.78 is 13.8. The SMILES string of the molecule is C1CCOC1.CC1COC(=O)O1.[HH]. The molecule has 0 aliphatic carbocycles. The lowest BCUT2D eigenvalue weighted by Crippen LogP contribution is -2.01. The molecule has 2 aliphatic rings. The second-order valence-electron chi connectivity index (χ2n) is 2.81. The number of carbonyl (C=O) groups is 1. The monoisotopic (exact) mass is 176 g/mol. The first-order valence-electron chi connectivity index (χ1n) is 4.20. The molecule has 0 amide bonds. The van der Waals surface area contributed by atoms with Crippen molar-refractivity contribution in [3.63, 3.8) is 0 Å². The number of hydrogen-bond acceptors (Lipinski definition) is 4. The molecule has 2 aliphatic heterocycles. The van der Waals surface area contributed by atoms with Crippen molar-refractivity contribution in [3.8, 4) is 0 Å². The highest BCUT2D eigenvalue weighted by atomic mass is 16.8. The van der Waals surface area contributed by atoms with E-state index in [9.17, 15) is 4.79 Å². The second-order valence-corrected chi connectivity index (χ2v) is 2.81. The minimum atomic E-state index is -0.549. The maximum Gasteiger partial charge on any atom is 0.508 e. The Hall–Kier alpha value is -0.770. The van der Waals surface area contributed by atoms with Crippen LogP contribution in [-0.2, 0) is 14.2 Å². The van der Waals surface area contributed by atoms with Gasteiger partial charge in [-0.25, -0.2) is 4.79 Å². The summed E-state index contributed by atoms with van der Waals surface area (Å²) in [7, 11) is 0. The molecular formula is C8H16O4. The molecular weight excluding hydrogens is 160 g/mol. The minimum Gasteiger partial charge on any atom is -0.430 e. The highest BCUT2D eigenvalue weighted by Crippen LogP contribution is 2.02. The predicted molar refractivity (Wildman–Crippen MR) is 44.1 cm³/mol. The molecule has 2 rings (SSSR count). The van der Waals surface area contributed by atoms with E-state index < -0.39 is 6.16 Å². The Morgan fingerprint density at radius 3 is 2.25 bits per heavy atom. The zero-order valence-electron chi connectivity index (χ0n) is 7.25. The van der Waals surface area contributed by atoms with Gasteiger partial charge in [-0.2, -0.15) is 0 Å². The van der Waals surface area contributed by atoms with Crippen LogP contribution in [0.25, 0.3) is 0 Å². The van der Waals surface area contributed by atoms with Crippen molar-refractivity contribution in [2.24, 2.45) is 0 Å². The van der Waals surface area contributed by atoms with Gasteiger partial charge in [-0.1, -0.05) is 0 Å². The molecule has 1 atom stereocenters. The van der Waals surface area contributed by atoms with E-state index in [4.69, 9.17) is 4.74 Å². The Morgan fingerprint density at radius 1 is 1.42 bits per heavy atom. The third-order valence-corrected chi connectivity index (χ3v) is 1.56. The first kappa shape index (κ1) is 9.32. The number of carbonyl (C=O) groups excluding carboxylic acids is 1. The molecule has 0 saturated carbocycles. The van der Waals surface area contributed by atoms with Crippen LogP contribution >= 0.6 is 0 Å². The zero-order chi connectivity index (χ0) is 8.81. The van der Waals surface area contributed by atoms with Gasteiger partial charge < -0.3 is 14.2 Å². The minimum absolute atomic E-state index is 0. The molecule has 0 radical (unpaired) electrons. The van der Waals surface area contributed by atoms with Crippen LogP contribution in [0.4, 0.5) is 4.79 Å². The molecule has 2 fully saturated rings. The van der Waals surface area contributed by atoms with Gasteiger partial charge in [-0.05, 0) is 19.8 Å². The van der Waals surface area contributed by atoms with E-state index in [1.165, 1.54) is 12.8 Å². The van der Waals surface area contributed by atoms with Crippen LogP contribution in [0.5, 0.6) is 0 Å². The van der Waals surface area contributed by atoms with E-state index in [2.05, 4.69) is 9.47 Å². The molecule has 1 unspecified atom stereocenters. The number of ether oxygens (including phenoxy) is 3. The first-order chi connectivity index (χ1) is 5.79. The van der Waals surface area contributed by atoms with Crippen LogP contribution in [0.1, 0.15) is 21.2 Å². The van der Waals surface area contributed by atoms with Gasteiger partial charge in [0.15, 0.2) is 0 Å². The fourth-order valence-corrected chi connectivity index (χ4v) is 0.928. The van der Waals surface area contributed by atoms with Crippen molar-refractivity contribution in [3.05, 3.63) is 0 Å². The molecule has 0 spiro atoms. The molecule has 2 saturated heterocycles. The number of hydrogen-bond donors (Lipinski definition) is 0. The third-order valence-electron chi connectivity index (χ3n) is 1.56. The molecule has 4 nitrogen and oxygen atoms in total. The van der Waals surface area contributed by atoms with Gasteiger partial charge in [-0.3, -0.25) is 0 Å². The van der Waals surface area contributed by atoms with Gasteiger partial charge in [-0.15, -0.1) is 0 Å². The summed E-state index contributed by atoms with van der Waals surface area (Å²) in [6.07, 6.45) is 1.96. The van der Waals surface area contributed by atoms with Gasteiger partial charge in [0.05, 0.1) is 0 Å². The lowest BCUT2D eigenvalue weighted by Gasteiger charge is -1.90. The topological polar surface area (TPSA) is 44.8 Å². The summed E-state index contributed by atoms with van der Waals surface area (Å²) in [4.78, 5) is 10.0. The van der Waals surface area contributed by atoms with Crippen LogP contribution in [-0.4, -0.2) is 32.1 Å². The Kier molecular flexibility index (Phi) is 3.87. The Morgan fingerprint density at radius 2 is 2.08 bits per heavy atom. The summed E-state index contributed by atoms with van der Waals surface area (Å²) in [5, 5.41) is 0. The van der Waals surface area contributed by atoms with E-state index in [1.807, 2.05) is 0 Å². The average molecular weight is 176 g/mol. The Balaban J connectivity index is 0.000000215. The molecule has 0 aromatic carbocycles. The second kappa shape index (κ2) is 4.98. The molecule has 0 aromatic rings. The van der Waals surface area contributed by atoms with Crippen molar-refractivity contribution >= 4 is 6.16 Å². The predicted octanol–water partition coefficient (Wildman–Crippen LogP) is 1.58. The molecule has 4 heteroatoms. The smallest absolute Gasteiger partial charge is 0.430 e. The van der Waals surface area contributed by atoms with E-state index in [1.54, 1.807) is 6.92 Å². The summed E-state index contributed by atoms with van der Waals surface area (Å²) >= 11 is 0. The first-order valence-corrected chi connectivity index (χ1v) is 4.20. The molecule has 72 valence electrons. The van der Waals surface area contributed by atoms with Gasteiger partial charge >= 0.3 is 6.16 Å². The van der Waals surface area contributed by atoms with Crippen LogP contribution in [0.15, 0.2) is 0 Å². The largest absolute Gasteiger partial charge is 0.508 e. The number of cyclic esters (lactones) is 2. The summed E-state index contributed by atoms with van der Waals surface area (Å²) in [5.74, 6) is 0. The Bertz CT molecular complexity index is 139. The van der Waals surface area contributed by atoms with Crippen molar-refractivity contribution in [2.45, 2.75) is 25.9 Å². The lowest BCUT2D eigenvalue weighted by atomic mass is 10.4. The summed E-state index contributed by atoms with van der Waals surface area (Å²) in [5.41, 5.74) is 0. The normalized spacial score (nSPS) is 27.1. The highest BCUT2D eigenvalue weighted by molar-refractivity contribution is 5.61. The van der Waals surface area contributed by atoms with Crippen LogP contribution in [0, 0.1) is 0 Å². The molecule has 12 heavy (non-hydrogen) atoms. The fourth-order valence-electron chi connectivity index (χ4n) is 0.928. The third kappa shape index (κ3) is 3.57. The quantitative estimate of drug-likeness (QED) is 0.526. The molecule has 0 aromatic heterocycles. The maximum absolute atomic E-state index is 10.0. The van der Waals surface area contributed by atoms with Gasteiger partial charge in [0.1, 0.15) is 12.7 Å². The standard InChI is InChI=1S/C4H6O3.C4H8O.H2/c1-3-2-6-4(5)7-3;1-2-4-5-3-1;/h3H,2H2,1H3;1-4H2;1H. The Labute approximate surface area is 73.3 Å². The van der Waals surface area contributed by atoms with Gasteiger partial charge in [0, 0.05) is 14.6 Å². The highest BCUT2D eigenvalue weighted by Gasteiger charge is 2.19. The van der Waals surface area contributed by atoms with E-state index >= 15 is 0 Å². The van der Waals surface area contributed by atoms with Crippen molar-refractivity contribution < 1.29 is 20.4 Å². The summed E-state index contributed by atoms with van der Waals surface area (Å²) in [6.45, 7) is 4.18. The van der Waals surface area contributed by atoms with Crippen molar-refractivity contribution in [1.82, 2.24) is 0 Å². The lowest BCUT2D eigenvalue weighted by molar-refractivity contribution is 0.121. The van der Waals surface area contributed by atoms with Crippen LogP contribution < -0.4 is 0 Å². The van der Waals surface area contributed by atoms with Crippen molar-refractivity contribution in [2.75, 3.05) is 19.8 Å². The van der Waals surface area contributed by atoms with E-state index in [0.717, 1.165) is 13.2 Å². The van der Waals surface area contributed by atoms with E-state index in [0.29, 0.717) is 6.61 Å².